The Morgan fingerprint density at radius 2 is 1.79 bits per heavy atom. The molecule has 4 rings (SSSR count). The monoisotopic (exact) mass is 468 g/mol. The predicted molar refractivity (Wildman–Crippen MR) is 120 cm³/mol. The van der Waals surface area contributed by atoms with Crippen LogP contribution in [0, 0.1) is 0 Å². The number of nitrogens with zero attached hydrogens (tertiary/aromatic N) is 4. The van der Waals surface area contributed by atoms with Gasteiger partial charge in [-0.1, -0.05) is 11.6 Å². The number of nitrogens with one attached hydrogen (secondary N) is 2. The van der Waals surface area contributed by atoms with Gasteiger partial charge in [0, 0.05) is 16.3 Å². The van der Waals surface area contributed by atoms with Crippen molar-refractivity contribution in [1.29, 1.82) is 0 Å². The smallest absolute Gasteiger partial charge is 0.356 e. The van der Waals surface area contributed by atoms with E-state index in [9.17, 15) is 14.7 Å². The van der Waals surface area contributed by atoms with E-state index in [1.165, 1.54) is 30.8 Å². The van der Waals surface area contributed by atoms with E-state index in [0.717, 1.165) is 0 Å². The molecule has 0 bridgehead atoms. The second-order valence-corrected chi connectivity index (χ2v) is 7.09. The van der Waals surface area contributed by atoms with Crippen molar-refractivity contribution in [3.05, 3.63) is 59.2 Å². The van der Waals surface area contributed by atoms with Crippen molar-refractivity contribution in [1.82, 2.24) is 19.6 Å². The molecule has 2 heterocycles. The third-order valence-electron chi connectivity index (χ3n) is 4.58. The molecule has 12 heteroatoms. The predicted octanol–water partition coefficient (Wildman–Crippen LogP) is 3.59. The van der Waals surface area contributed by atoms with Gasteiger partial charge in [-0.3, -0.25) is 5.32 Å². The Bertz CT molecular complexity index is 1360. The van der Waals surface area contributed by atoms with Crippen molar-refractivity contribution in [2.24, 2.45) is 0 Å². The van der Waals surface area contributed by atoms with Crippen LogP contribution < -0.4 is 15.4 Å². The fourth-order valence-corrected chi connectivity index (χ4v) is 3.17. The lowest BCUT2D eigenvalue weighted by Crippen LogP contribution is -2.21. The highest BCUT2D eigenvalue weighted by Gasteiger charge is 2.20. The molecule has 2 amide bonds. The van der Waals surface area contributed by atoms with Gasteiger partial charge in [0.1, 0.15) is 0 Å². The van der Waals surface area contributed by atoms with Gasteiger partial charge in [-0.2, -0.15) is 0 Å². The molecule has 0 aliphatic rings. The Balaban J connectivity index is 1.77. The summed E-state index contributed by atoms with van der Waals surface area (Å²) in [5, 5.41) is 23.7. The van der Waals surface area contributed by atoms with E-state index < -0.39 is 12.0 Å². The molecule has 0 aliphatic carbocycles. The van der Waals surface area contributed by atoms with Gasteiger partial charge in [0.25, 0.3) is 5.78 Å². The highest BCUT2D eigenvalue weighted by Crippen LogP contribution is 2.32. The molecule has 0 fully saturated rings. The lowest BCUT2D eigenvalue weighted by atomic mass is 10.1. The van der Waals surface area contributed by atoms with Crippen LogP contribution in [0.25, 0.3) is 17.0 Å². The first kappa shape index (κ1) is 21.8. The number of hydrogen-bond donors (Lipinski definition) is 3. The summed E-state index contributed by atoms with van der Waals surface area (Å²) >= 11 is 5.87. The molecule has 33 heavy (non-hydrogen) atoms. The number of carbonyl (C=O) groups is 2. The van der Waals surface area contributed by atoms with E-state index in [-0.39, 0.29) is 28.9 Å². The topological polar surface area (TPSA) is 140 Å². The van der Waals surface area contributed by atoms with Gasteiger partial charge in [0.15, 0.2) is 17.2 Å². The number of phenolic OH excluding ortho intramolecular Hbond substituents is 1. The van der Waals surface area contributed by atoms with Crippen molar-refractivity contribution >= 4 is 41.0 Å². The molecule has 0 saturated heterocycles. The zero-order valence-electron chi connectivity index (χ0n) is 17.4. The highest BCUT2D eigenvalue weighted by atomic mass is 35.5. The molecule has 0 aliphatic heterocycles. The summed E-state index contributed by atoms with van der Waals surface area (Å²) in [6, 6.07) is 12.0. The van der Waals surface area contributed by atoms with Gasteiger partial charge in [-0.15, -0.1) is 10.2 Å². The highest BCUT2D eigenvalue weighted by molar-refractivity contribution is 6.30. The summed E-state index contributed by atoms with van der Waals surface area (Å²) in [4.78, 5) is 28.8. The van der Waals surface area contributed by atoms with E-state index in [0.29, 0.717) is 22.0 Å². The molecule has 0 unspecified atom stereocenters. The van der Waals surface area contributed by atoms with Crippen LogP contribution in [0.1, 0.15) is 10.5 Å². The third kappa shape index (κ3) is 4.48. The van der Waals surface area contributed by atoms with Crippen LogP contribution in [-0.4, -0.2) is 50.9 Å². The Kier molecular flexibility index (Phi) is 5.96. The average molecular weight is 469 g/mol. The van der Waals surface area contributed by atoms with E-state index in [4.69, 9.17) is 21.1 Å². The zero-order chi connectivity index (χ0) is 23.5. The normalized spacial score (nSPS) is 10.6. The maximum Gasteiger partial charge on any atom is 0.356 e. The first-order chi connectivity index (χ1) is 15.9. The molecule has 168 valence electrons. The molecule has 4 aromatic rings. The molecule has 11 nitrogen and oxygen atoms in total. The van der Waals surface area contributed by atoms with Crippen LogP contribution in [0.4, 0.5) is 16.4 Å². The molecule has 3 N–H and O–H groups in total. The molecule has 2 aromatic carbocycles. The second-order valence-electron chi connectivity index (χ2n) is 6.65. The minimum absolute atomic E-state index is 0.0170. The number of carbonyl (C=O) groups excluding carboxylic acids is 2. The van der Waals surface area contributed by atoms with E-state index in [1.807, 2.05) is 0 Å². The van der Waals surface area contributed by atoms with Crippen molar-refractivity contribution in [2.45, 2.75) is 0 Å². The Labute approximate surface area is 191 Å². The Morgan fingerprint density at radius 3 is 2.48 bits per heavy atom. The number of aromatic nitrogens is 4. The average Bonchev–Trinajstić information content (AvgIpc) is 3.22. The SMILES string of the molecule is COC(=O)c1cc(-c2ccc(O)c(OC)c2)n2c(NC(=O)Nc3ccc(Cl)cc3)nnc2n1. The lowest BCUT2D eigenvalue weighted by molar-refractivity contribution is 0.0594. The van der Waals surface area contributed by atoms with E-state index in [2.05, 4.69) is 25.8 Å². The fourth-order valence-electron chi connectivity index (χ4n) is 3.04. The van der Waals surface area contributed by atoms with Crippen molar-refractivity contribution < 1.29 is 24.2 Å². The largest absolute Gasteiger partial charge is 0.504 e. The van der Waals surface area contributed by atoms with Crippen LogP contribution >= 0.6 is 11.6 Å². The number of anilines is 2. The maximum absolute atomic E-state index is 12.5. The van der Waals surface area contributed by atoms with Gasteiger partial charge < -0.3 is 19.9 Å². The van der Waals surface area contributed by atoms with Gasteiger partial charge in [-0.05, 0) is 48.5 Å². The Hall–Kier alpha value is -4.38. The van der Waals surface area contributed by atoms with Crippen molar-refractivity contribution in [2.75, 3.05) is 24.9 Å². The summed E-state index contributed by atoms with van der Waals surface area (Å²) in [6.07, 6.45) is 0. The number of rotatable bonds is 5. The summed E-state index contributed by atoms with van der Waals surface area (Å²) in [5.74, 6) is -0.448. The van der Waals surface area contributed by atoms with Crippen molar-refractivity contribution in [3.8, 4) is 22.8 Å². The number of urea groups is 1. The molecule has 0 saturated carbocycles. The quantitative estimate of drug-likeness (QED) is 0.377. The molecular weight excluding hydrogens is 452 g/mol. The summed E-state index contributed by atoms with van der Waals surface area (Å²) < 4.78 is 11.4. The second kappa shape index (κ2) is 9.01. The number of halogens is 1. The van der Waals surface area contributed by atoms with Crippen LogP contribution in [-0.2, 0) is 4.74 Å². The third-order valence-corrected chi connectivity index (χ3v) is 4.83. The van der Waals surface area contributed by atoms with E-state index >= 15 is 0 Å². The lowest BCUT2D eigenvalue weighted by Gasteiger charge is -2.12. The molecule has 2 aromatic heterocycles. The van der Waals surface area contributed by atoms with Crippen LogP contribution in [0.15, 0.2) is 48.5 Å². The molecule has 0 atom stereocenters. The molecular formula is C21H17ClN6O5. The minimum Gasteiger partial charge on any atom is -0.504 e. The van der Waals surface area contributed by atoms with Crippen LogP contribution in [0.3, 0.4) is 0 Å². The number of aromatic hydroxyl groups is 1. The van der Waals surface area contributed by atoms with E-state index in [1.54, 1.807) is 36.4 Å². The number of amides is 2. The fraction of sp³-hybridized carbons (Fsp3) is 0.0952. The van der Waals surface area contributed by atoms with Crippen LogP contribution in [0.5, 0.6) is 11.5 Å². The first-order valence-corrected chi connectivity index (χ1v) is 9.83. The zero-order valence-corrected chi connectivity index (χ0v) is 18.1. The molecule has 0 radical (unpaired) electrons. The number of esters is 1. The maximum atomic E-state index is 12.5. The molecule has 0 spiro atoms. The minimum atomic E-state index is -0.678. The number of ether oxygens (including phenoxy) is 2. The van der Waals surface area contributed by atoms with Gasteiger partial charge in [-0.25, -0.2) is 19.0 Å². The van der Waals surface area contributed by atoms with Gasteiger partial charge in [0.2, 0.25) is 5.95 Å². The number of fused-ring (bicyclic) bond motifs is 1. The van der Waals surface area contributed by atoms with Gasteiger partial charge >= 0.3 is 12.0 Å². The first-order valence-electron chi connectivity index (χ1n) is 9.45. The number of methoxy groups -OCH3 is 2. The van der Waals surface area contributed by atoms with Gasteiger partial charge in [0.05, 0.1) is 19.9 Å². The number of hydrogen-bond acceptors (Lipinski definition) is 8. The van der Waals surface area contributed by atoms with Crippen molar-refractivity contribution in [3.63, 3.8) is 0 Å². The standard InChI is InChI=1S/C21H17ClN6O5/c1-32-17-9-11(3-8-16(17)29)15-10-14(18(30)33-2)24-19-26-27-20(28(15)19)25-21(31)23-13-6-4-12(22)5-7-13/h3-10,29H,1-2H3,(H2,23,25,27,31). The number of benzene rings is 2. The summed E-state index contributed by atoms with van der Waals surface area (Å²) in [7, 11) is 2.64. The summed E-state index contributed by atoms with van der Waals surface area (Å²) in [6.45, 7) is 0. The Morgan fingerprint density at radius 1 is 1.03 bits per heavy atom. The summed E-state index contributed by atoms with van der Waals surface area (Å²) in [5.41, 5.74) is 1.42. The number of phenols is 1. The van der Waals surface area contributed by atoms with Crippen LogP contribution in [0.2, 0.25) is 5.02 Å².